The monoisotopic (exact) mass is 563 g/mol. The first kappa shape index (κ1) is 27.4. The van der Waals surface area contributed by atoms with Crippen LogP contribution in [0.1, 0.15) is 36.8 Å². The van der Waals surface area contributed by atoms with Crippen LogP contribution in [0.3, 0.4) is 0 Å². The third-order valence-electron chi connectivity index (χ3n) is 7.14. The molecule has 3 aromatic carbocycles. The van der Waals surface area contributed by atoms with Gasteiger partial charge in [-0.3, -0.25) is 14.7 Å². The number of fused-ring (bicyclic) bond motifs is 2. The molecule has 1 aliphatic rings. The lowest BCUT2D eigenvalue weighted by Gasteiger charge is -2.35. The predicted octanol–water partition coefficient (Wildman–Crippen LogP) is 6.35. The average molecular weight is 564 g/mol. The Balaban J connectivity index is 1.15. The first-order chi connectivity index (χ1) is 20.2. The van der Waals surface area contributed by atoms with Crippen LogP contribution >= 0.6 is 0 Å². The lowest BCUT2D eigenvalue weighted by atomic mass is 10.1. The van der Waals surface area contributed by atoms with Crippen LogP contribution in [0, 0.1) is 0 Å². The highest BCUT2D eigenvalue weighted by molar-refractivity contribution is 6.05. The number of nitrogens with one attached hydrogen (secondary N) is 1. The first-order valence-electron chi connectivity index (χ1n) is 14.1. The molecule has 0 bridgehead atoms. The summed E-state index contributed by atoms with van der Waals surface area (Å²) in [6.07, 6.45) is 1.23. The Labute approximate surface area is 244 Å². The summed E-state index contributed by atoms with van der Waals surface area (Å²) in [6.45, 7) is 9.22. The zero-order valence-corrected chi connectivity index (χ0v) is 24.0. The van der Waals surface area contributed by atoms with Gasteiger partial charge in [0.2, 0.25) is 0 Å². The average Bonchev–Trinajstić information content (AvgIpc) is 3.40. The van der Waals surface area contributed by atoms with E-state index in [4.69, 9.17) is 9.15 Å². The van der Waals surface area contributed by atoms with Crippen molar-refractivity contribution in [3.8, 4) is 11.3 Å². The Morgan fingerprint density at radius 1 is 0.929 bits per heavy atom. The largest absolute Gasteiger partial charge is 0.456 e. The number of hydrogen-bond acceptors (Lipinski definition) is 7. The molecule has 1 fully saturated rings. The molecule has 9 nitrogen and oxygen atoms in total. The normalized spacial score (nSPS) is 14.3. The van der Waals surface area contributed by atoms with E-state index in [1.807, 2.05) is 75.4 Å². The van der Waals surface area contributed by atoms with Gasteiger partial charge in [0.15, 0.2) is 0 Å². The van der Waals surface area contributed by atoms with Crippen molar-refractivity contribution in [2.24, 2.45) is 0 Å². The molecule has 3 heterocycles. The number of hydrogen-bond donors (Lipinski definition) is 1. The van der Waals surface area contributed by atoms with Gasteiger partial charge in [-0.2, -0.15) is 0 Å². The molecular formula is C33H33N5O4. The zero-order valence-electron chi connectivity index (χ0n) is 24.0. The minimum atomic E-state index is -0.496. The second kappa shape index (κ2) is 11.3. The highest BCUT2D eigenvalue weighted by Crippen LogP contribution is 2.33. The Morgan fingerprint density at radius 2 is 1.67 bits per heavy atom. The molecule has 0 aliphatic carbocycles. The molecule has 1 N–H and O–H groups in total. The molecule has 2 aromatic heterocycles. The van der Waals surface area contributed by atoms with Crippen molar-refractivity contribution in [1.29, 1.82) is 0 Å². The van der Waals surface area contributed by atoms with E-state index in [0.717, 1.165) is 47.2 Å². The standard InChI is InChI=1S/C33H33N5O4/c1-33(2,3)42-32(40)38-16-14-37(15-17-38)21-22-12-13-23-19-30(41-29(23)18-22)24-8-4-5-9-25(24)36-31(39)28-20-34-26-10-6-7-11-27(26)35-28/h4-13,18-20H,14-17,21H2,1-3H3,(H,36,39). The van der Waals surface area contributed by atoms with Gasteiger partial charge in [-0.25, -0.2) is 9.78 Å². The molecule has 6 rings (SSSR count). The molecule has 0 atom stereocenters. The Bertz CT molecular complexity index is 1770. The van der Waals surface area contributed by atoms with Gasteiger partial charge in [-0.15, -0.1) is 0 Å². The topological polar surface area (TPSA) is 101 Å². The Morgan fingerprint density at radius 3 is 2.45 bits per heavy atom. The quantitative estimate of drug-likeness (QED) is 0.266. The second-order valence-corrected chi connectivity index (χ2v) is 11.5. The van der Waals surface area contributed by atoms with E-state index in [2.05, 4.69) is 38.4 Å². The van der Waals surface area contributed by atoms with E-state index in [9.17, 15) is 9.59 Å². The van der Waals surface area contributed by atoms with Gasteiger partial charge in [-0.1, -0.05) is 36.4 Å². The maximum absolute atomic E-state index is 13.1. The van der Waals surface area contributed by atoms with Crippen LogP contribution in [-0.2, 0) is 11.3 Å². The molecule has 42 heavy (non-hydrogen) atoms. The minimum Gasteiger partial charge on any atom is -0.456 e. The zero-order chi connectivity index (χ0) is 29.3. The van der Waals surface area contributed by atoms with Crippen molar-refractivity contribution in [1.82, 2.24) is 19.8 Å². The fourth-order valence-electron chi connectivity index (χ4n) is 5.04. The van der Waals surface area contributed by atoms with Gasteiger partial charge in [0, 0.05) is 43.7 Å². The highest BCUT2D eigenvalue weighted by atomic mass is 16.6. The maximum atomic E-state index is 13.1. The van der Waals surface area contributed by atoms with E-state index < -0.39 is 5.60 Å². The predicted molar refractivity (Wildman–Crippen MR) is 162 cm³/mol. The van der Waals surface area contributed by atoms with E-state index in [1.54, 1.807) is 4.90 Å². The molecule has 214 valence electrons. The number of ether oxygens (including phenoxy) is 1. The van der Waals surface area contributed by atoms with Crippen molar-refractivity contribution in [2.45, 2.75) is 32.9 Å². The van der Waals surface area contributed by atoms with Gasteiger partial charge in [0.25, 0.3) is 5.91 Å². The van der Waals surface area contributed by atoms with E-state index >= 15 is 0 Å². The number of nitrogens with zero attached hydrogens (tertiary/aromatic N) is 4. The lowest BCUT2D eigenvalue weighted by Crippen LogP contribution is -2.49. The summed E-state index contributed by atoms with van der Waals surface area (Å²) in [5.74, 6) is 0.319. The smallest absolute Gasteiger partial charge is 0.410 e. The van der Waals surface area contributed by atoms with Crippen molar-refractivity contribution in [2.75, 3.05) is 31.5 Å². The number of para-hydroxylation sites is 3. The number of carbonyl (C=O) groups excluding carboxylic acids is 2. The van der Waals surface area contributed by atoms with Crippen molar-refractivity contribution in [3.63, 3.8) is 0 Å². The number of benzene rings is 3. The summed E-state index contributed by atoms with van der Waals surface area (Å²) >= 11 is 0. The van der Waals surface area contributed by atoms with Crippen molar-refractivity contribution < 1.29 is 18.7 Å². The van der Waals surface area contributed by atoms with Crippen LogP contribution in [0.2, 0.25) is 0 Å². The number of rotatable bonds is 5. The van der Waals surface area contributed by atoms with Gasteiger partial charge in [0.1, 0.15) is 22.6 Å². The van der Waals surface area contributed by atoms with E-state index in [0.29, 0.717) is 30.1 Å². The summed E-state index contributed by atoms with van der Waals surface area (Å²) in [5.41, 5.74) is 4.45. The maximum Gasteiger partial charge on any atom is 0.410 e. The fourth-order valence-corrected chi connectivity index (χ4v) is 5.04. The van der Waals surface area contributed by atoms with Crippen LogP contribution in [0.15, 0.2) is 83.4 Å². The SMILES string of the molecule is CC(C)(C)OC(=O)N1CCN(Cc2ccc3cc(-c4ccccc4NC(=O)c4cnc5ccccc5n4)oc3c2)CC1. The minimum absolute atomic E-state index is 0.240. The molecule has 1 saturated heterocycles. The van der Waals surface area contributed by atoms with Crippen LogP contribution in [0.4, 0.5) is 10.5 Å². The summed E-state index contributed by atoms with van der Waals surface area (Å²) in [7, 11) is 0. The summed E-state index contributed by atoms with van der Waals surface area (Å²) in [4.78, 5) is 38.4. The van der Waals surface area contributed by atoms with Crippen LogP contribution in [-0.4, -0.2) is 63.5 Å². The number of piperazine rings is 1. The number of carbonyl (C=O) groups is 2. The fraction of sp³-hybridized carbons (Fsp3) is 0.273. The molecule has 0 radical (unpaired) electrons. The van der Waals surface area contributed by atoms with Crippen molar-refractivity contribution in [3.05, 3.63) is 90.3 Å². The number of furan rings is 1. The molecule has 0 unspecified atom stereocenters. The molecule has 1 aliphatic heterocycles. The molecule has 0 saturated carbocycles. The summed E-state index contributed by atoms with van der Waals surface area (Å²) in [6, 6.07) is 23.2. The Kier molecular flexibility index (Phi) is 7.34. The molecule has 0 spiro atoms. The van der Waals surface area contributed by atoms with Crippen LogP contribution in [0.25, 0.3) is 33.3 Å². The van der Waals surface area contributed by atoms with Gasteiger partial charge in [-0.05, 0) is 62.7 Å². The first-order valence-corrected chi connectivity index (χ1v) is 14.1. The highest BCUT2D eigenvalue weighted by Gasteiger charge is 2.26. The third-order valence-corrected chi connectivity index (χ3v) is 7.14. The van der Waals surface area contributed by atoms with Gasteiger partial charge < -0.3 is 19.4 Å². The molecular weight excluding hydrogens is 530 g/mol. The lowest BCUT2D eigenvalue weighted by molar-refractivity contribution is 0.0139. The van der Waals surface area contributed by atoms with Crippen LogP contribution in [0.5, 0.6) is 0 Å². The number of amides is 2. The number of aromatic nitrogens is 2. The second-order valence-electron chi connectivity index (χ2n) is 11.5. The molecule has 9 heteroatoms. The molecule has 5 aromatic rings. The van der Waals surface area contributed by atoms with Gasteiger partial charge in [0.05, 0.1) is 22.9 Å². The van der Waals surface area contributed by atoms with Gasteiger partial charge >= 0.3 is 6.09 Å². The summed E-state index contributed by atoms with van der Waals surface area (Å²) in [5, 5.41) is 3.96. The Hall–Kier alpha value is -4.76. The number of anilines is 1. The van der Waals surface area contributed by atoms with Crippen LogP contribution < -0.4 is 5.32 Å². The van der Waals surface area contributed by atoms with E-state index in [1.165, 1.54) is 6.20 Å². The third kappa shape index (κ3) is 6.11. The summed E-state index contributed by atoms with van der Waals surface area (Å²) < 4.78 is 11.8. The van der Waals surface area contributed by atoms with Crippen molar-refractivity contribution >= 4 is 39.7 Å². The van der Waals surface area contributed by atoms with E-state index in [-0.39, 0.29) is 17.7 Å². The molecule has 2 amide bonds.